The number of nitrogens with zero attached hydrogens (tertiary/aromatic N) is 1. The van der Waals surface area contributed by atoms with Gasteiger partial charge in [0.2, 0.25) is 0 Å². The van der Waals surface area contributed by atoms with Crippen molar-refractivity contribution < 1.29 is 23.8 Å². The highest BCUT2D eigenvalue weighted by atomic mass is 16.5. The van der Waals surface area contributed by atoms with E-state index in [4.69, 9.17) is 9.47 Å². The first-order valence-corrected chi connectivity index (χ1v) is 8.29. The Morgan fingerprint density at radius 2 is 1.80 bits per heavy atom. The summed E-state index contributed by atoms with van der Waals surface area (Å²) in [6.45, 7) is 17.4. The summed E-state index contributed by atoms with van der Waals surface area (Å²) in [7, 11) is 1.33. The zero-order valence-electron chi connectivity index (χ0n) is 16.3. The van der Waals surface area contributed by atoms with Crippen molar-refractivity contribution >= 4 is 17.8 Å². The van der Waals surface area contributed by atoms with E-state index in [9.17, 15) is 9.59 Å². The van der Waals surface area contributed by atoms with Gasteiger partial charge in [0.1, 0.15) is 6.61 Å². The summed E-state index contributed by atoms with van der Waals surface area (Å²) < 4.78 is 14.9. The van der Waals surface area contributed by atoms with E-state index >= 15 is 0 Å². The van der Waals surface area contributed by atoms with Crippen LogP contribution in [0.4, 0.5) is 0 Å². The molecule has 142 valence electrons. The van der Waals surface area contributed by atoms with Gasteiger partial charge in [0.05, 0.1) is 19.3 Å². The first-order chi connectivity index (χ1) is 11.5. The largest absolute Gasteiger partial charge is 0.478 e. The van der Waals surface area contributed by atoms with Crippen LogP contribution in [0.3, 0.4) is 0 Å². The highest BCUT2D eigenvalue weighted by molar-refractivity contribution is 5.87. The van der Waals surface area contributed by atoms with Crippen LogP contribution in [0.5, 0.6) is 0 Å². The minimum Gasteiger partial charge on any atom is -0.478 e. The van der Waals surface area contributed by atoms with E-state index in [1.165, 1.54) is 7.11 Å². The molecule has 0 aromatic rings. The molecule has 0 fully saturated rings. The number of carbonyl (C=O) groups excluding carboxylic acids is 2. The van der Waals surface area contributed by atoms with Crippen LogP contribution in [0, 0.1) is 5.92 Å². The summed E-state index contributed by atoms with van der Waals surface area (Å²) in [4.78, 5) is 25.9. The summed E-state index contributed by atoms with van der Waals surface area (Å²) in [6, 6.07) is 0. The smallest absolute Gasteiger partial charge is 0.333 e. The van der Waals surface area contributed by atoms with Crippen molar-refractivity contribution in [2.75, 3.05) is 20.3 Å². The fourth-order valence-electron chi connectivity index (χ4n) is 1.84. The van der Waals surface area contributed by atoms with Gasteiger partial charge in [-0.3, -0.25) is 0 Å². The molecule has 6 heteroatoms. The first-order valence-electron chi connectivity index (χ1n) is 8.29. The van der Waals surface area contributed by atoms with E-state index in [0.29, 0.717) is 24.4 Å². The Morgan fingerprint density at radius 3 is 2.16 bits per heavy atom. The molecule has 0 bridgehead atoms. The summed E-state index contributed by atoms with van der Waals surface area (Å²) >= 11 is 0. The number of hydrogen-bond donors (Lipinski definition) is 0. The van der Waals surface area contributed by atoms with Crippen LogP contribution in [0.25, 0.3) is 0 Å². The molecular weight excluding hydrogens is 322 g/mol. The van der Waals surface area contributed by atoms with Crippen molar-refractivity contribution in [1.82, 2.24) is 0 Å². The SMILES string of the molecule is C=C(C)C(=O)OC.C=C(C)C(=O)OCCCC(C)C1=NC(C)(C)CO1. The number of carbonyl (C=O) groups is 2. The van der Waals surface area contributed by atoms with Gasteiger partial charge in [-0.2, -0.15) is 0 Å². The molecule has 0 saturated carbocycles. The molecule has 0 aromatic heterocycles. The molecule has 1 rings (SSSR count). The summed E-state index contributed by atoms with van der Waals surface area (Å²) in [5.74, 6) is 0.430. The number of methoxy groups -OCH3 is 1. The number of esters is 2. The van der Waals surface area contributed by atoms with Crippen LogP contribution < -0.4 is 0 Å². The molecule has 1 aliphatic rings. The van der Waals surface area contributed by atoms with Gasteiger partial charge < -0.3 is 14.2 Å². The Labute approximate surface area is 150 Å². The molecule has 0 aliphatic carbocycles. The highest BCUT2D eigenvalue weighted by Crippen LogP contribution is 2.22. The van der Waals surface area contributed by atoms with Crippen molar-refractivity contribution in [3.63, 3.8) is 0 Å². The van der Waals surface area contributed by atoms with Gasteiger partial charge in [-0.15, -0.1) is 0 Å². The van der Waals surface area contributed by atoms with Crippen molar-refractivity contribution in [2.45, 2.75) is 53.0 Å². The van der Waals surface area contributed by atoms with E-state index in [1.54, 1.807) is 13.8 Å². The molecule has 0 N–H and O–H groups in total. The van der Waals surface area contributed by atoms with Gasteiger partial charge >= 0.3 is 11.9 Å². The lowest BCUT2D eigenvalue weighted by molar-refractivity contribution is -0.139. The third-order valence-corrected chi connectivity index (χ3v) is 3.30. The van der Waals surface area contributed by atoms with E-state index in [2.05, 4.69) is 43.7 Å². The van der Waals surface area contributed by atoms with Crippen LogP contribution in [-0.4, -0.2) is 43.7 Å². The maximum absolute atomic E-state index is 11.2. The molecule has 0 radical (unpaired) electrons. The van der Waals surface area contributed by atoms with E-state index in [-0.39, 0.29) is 23.4 Å². The fourth-order valence-corrected chi connectivity index (χ4v) is 1.84. The Kier molecular flexibility index (Phi) is 9.79. The lowest BCUT2D eigenvalue weighted by Crippen LogP contribution is -2.17. The van der Waals surface area contributed by atoms with Gasteiger partial charge in [-0.05, 0) is 40.5 Å². The lowest BCUT2D eigenvalue weighted by Gasteiger charge is -2.11. The molecule has 1 unspecified atom stereocenters. The predicted octanol–water partition coefficient (Wildman–Crippen LogP) is 3.46. The van der Waals surface area contributed by atoms with Crippen molar-refractivity contribution in [2.24, 2.45) is 10.9 Å². The minimum atomic E-state index is -0.347. The standard InChI is InChI=1S/C14H23NO3.C5H8O2/c1-10(2)13(16)17-8-6-7-11(3)12-15-14(4,5)9-18-12;1-4(2)5(6)7-3/h11H,1,6-9H2,2-5H3;1H2,2-3H3. The van der Waals surface area contributed by atoms with Gasteiger partial charge in [-0.1, -0.05) is 20.1 Å². The van der Waals surface area contributed by atoms with Gasteiger partial charge in [0, 0.05) is 17.1 Å². The van der Waals surface area contributed by atoms with E-state index in [1.807, 2.05) is 0 Å². The maximum Gasteiger partial charge on any atom is 0.333 e. The number of rotatable bonds is 7. The molecule has 6 nitrogen and oxygen atoms in total. The third kappa shape index (κ3) is 9.69. The Balaban J connectivity index is 0.000000697. The molecule has 0 aromatic carbocycles. The zero-order chi connectivity index (χ0) is 19.6. The van der Waals surface area contributed by atoms with Crippen molar-refractivity contribution in [3.05, 3.63) is 24.3 Å². The summed E-state index contributed by atoms with van der Waals surface area (Å²) in [5, 5.41) is 0. The summed E-state index contributed by atoms with van der Waals surface area (Å²) in [6.07, 6.45) is 1.71. The molecule has 0 saturated heterocycles. The average Bonchev–Trinajstić information content (AvgIpc) is 2.90. The van der Waals surface area contributed by atoms with Crippen LogP contribution >= 0.6 is 0 Å². The second-order valence-corrected chi connectivity index (χ2v) is 6.78. The molecule has 1 aliphatic heterocycles. The number of hydrogen-bond acceptors (Lipinski definition) is 6. The van der Waals surface area contributed by atoms with Crippen molar-refractivity contribution in [1.29, 1.82) is 0 Å². The topological polar surface area (TPSA) is 74.2 Å². The van der Waals surface area contributed by atoms with Gasteiger partial charge in [-0.25, -0.2) is 14.6 Å². The minimum absolute atomic E-state index is 0.101. The zero-order valence-corrected chi connectivity index (χ0v) is 16.3. The molecule has 25 heavy (non-hydrogen) atoms. The normalized spacial score (nSPS) is 15.7. The fraction of sp³-hybridized carbons (Fsp3) is 0.632. The molecule has 0 spiro atoms. The Bertz CT molecular complexity index is 534. The Hall–Kier alpha value is -2.11. The quantitative estimate of drug-likeness (QED) is 0.398. The molecular formula is C19H31NO5. The third-order valence-electron chi connectivity index (χ3n) is 3.30. The molecule has 0 amide bonds. The summed E-state index contributed by atoms with van der Waals surface area (Å²) in [5.41, 5.74) is 0.770. The van der Waals surface area contributed by atoms with Crippen molar-refractivity contribution in [3.8, 4) is 0 Å². The monoisotopic (exact) mass is 353 g/mol. The van der Waals surface area contributed by atoms with Crippen LogP contribution in [0.1, 0.15) is 47.5 Å². The van der Waals surface area contributed by atoms with Gasteiger partial charge in [0.15, 0.2) is 5.90 Å². The van der Waals surface area contributed by atoms with E-state index in [0.717, 1.165) is 18.7 Å². The van der Waals surface area contributed by atoms with Crippen LogP contribution in [-0.2, 0) is 23.8 Å². The number of aliphatic imine (C=N–C) groups is 1. The Morgan fingerprint density at radius 1 is 1.24 bits per heavy atom. The second kappa shape index (κ2) is 10.7. The van der Waals surface area contributed by atoms with E-state index < -0.39 is 0 Å². The predicted molar refractivity (Wildman–Crippen MR) is 98.5 cm³/mol. The van der Waals surface area contributed by atoms with Crippen LogP contribution in [0.15, 0.2) is 29.3 Å². The number of ether oxygens (including phenoxy) is 3. The average molecular weight is 353 g/mol. The second-order valence-electron chi connectivity index (χ2n) is 6.78. The first kappa shape index (κ1) is 22.9. The van der Waals surface area contributed by atoms with Crippen LogP contribution in [0.2, 0.25) is 0 Å². The maximum atomic E-state index is 11.2. The lowest BCUT2D eigenvalue weighted by atomic mass is 10.1. The van der Waals surface area contributed by atoms with Gasteiger partial charge in [0.25, 0.3) is 0 Å². The molecule has 1 heterocycles. The molecule has 1 atom stereocenters. The highest BCUT2D eigenvalue weighted by Gasteiger charge is 2.28.